The maximum Gasteiger partial charge on any atom is 0.433 e. The average Bonchev–Trinajstić information content (AvgIpc) is 3.64. The second-order valence-electron chi connectivity index (χ2n) is 8.85. The smallest absolute Gasteiger partial charge is 0.433 e. The van der Waals surface area contributed by atoms with Crippen molar-refractivity contribution in [3.8, 4) is 16.9 Å². The predicted molar refractivity (Wildman–Crippen MR) is 155 cm³/mol. The number of benzene rings is 1. The van der Waals surface area contributed by atoms with E-state index in [1.165, 1.54) is 6.07 Å². The number of aryl methyl sites for hydroxylation is 2. The van der Waals surface area contributed by atoms with E-state index in [9.17, 15) is 22.8 Å². The topological polar surface area (TPSA) is 125 Å². The van der Waals surface area contributed by atoms with Gasteiger partial charge in [-0.2, -0.15) is 18.3 Å². The molecule has 14 heteroatoms. The third kappa shape index (κ3) is 5.93. The zero-order chi connectivity index (χ0) is 29.5. The van der Waals surface area contributed by atoms with Crippen LogP contribution in [0.1, 0.15) is 44.3 Å². The molecule has 0 aliphatic heterocycles. The van der Waals surface area contributed by atoms with Gasteiger partial charge in [-0.25, -0.2) is 4.98 Å². The summed E-state index contributed by atoms with van der Waals surface area (Å²) in [5.74, 6) is -0.797. The molecule has 0 saturated heterocycles. The fourth-order valence-electron chi connectivity index (χ4n) is 4.13. The summed E-state index contributed by atoms with van der Waals surface area (Å²) in [5, 5.41) is 7.10. The van der Waals surface area contributed by atoms with E-state index in [1.807, 2.05) is 19.1 Å². The summed E-state index contributed by atoms with van der Waals surface area (Å²) in [7, 11) is 0. The summed E-state index contributed by atoms with van der Waals surface area (Å²) < 4.78 is 55.4. The third-order valence-corrected chi connectivity index (χ3v) is 7.87. The zero-order valence-corrected chi connectivity index (χ0v) is 24.5. The average molecular weight is 695 g/mol. The van der Waals surface area contributed by atoms with Gasteiger partial charge in [0, 0.05) is 27.3 Å². The largest absolute Gasteiger partial charge is 0.486 e. The van der Waals surface area contributed by atoms with Crippen LogP contribution in [0.5, 0.6) is 5.75 Å². The number of aromatic nitrogens is 3. The molecule has 0 unspecified atom stereocenters. The van der Waals surface area contributed by atoms with E-state index in [4.69, 9.17) is 14.9 Å². The molecule has 9 nitrogen and oxygen atoms in total. The van der Waals surface area contributed by atoms with E-state index in [0.717, 1.165) is 9.64 Å². The maximum absolute atomic E-state index is 13.8. The van der Waals surface area contributed by atoms with Crippen molar-refractivity contribution in [2.45, 2.75) is 33.2 Å². The van der Waals surface area contributed by atoms with E-state index in [1.54, 1.807) is 36.0 Å². The van der Waals surface area contributed by atoms with Gasteiger partial charge >= 0.3 is 6.18 Å². The van der Waals surface area contributed by atoms with Crippen LogP contribution >= 0.6 is 33.9 Å². The molecule has 5 aromatic rings. The number of ether oxygens (including phenoxy) is 1. The highest BCUT2D eigenvalue weighted by molar-refractivity contribution is 14.1. The van der Waals surface area contributed by atoms with Crippen LogP contribution in [0.3, 0.4) is 0 Å². The van der Waals surface area contributed by atoms with Gasteiger partial charge in [0.05, 0.1) is 11.4 Å². The minimum atomic E-state index is -4.76. The Morgan fingerprint density at radius 2 is 1.90 bits per heavy atom. The number of rotatable bonds is 8. The Balaban J connectivity index is 1.54. The summed E-state index contributed by atoms with van der Waals surface area (Å²) in [5.41, 5.74) is 5.32. The lowest BCUT2D eigenvalue weighted by molar-refractivity contribution is -0.140. The molecule has 0 saturated carbocycles. The van der Waals surface area contributed by atoms with Crippen LogP contribution in [-0.4, -0.2) is 26.6 Å². The zero-order valence-electron chi connectivity index (χ0n) is 21.5. The van der Waals surface area contributed by atoms with Crippen molar-refractivity contribution in [1.29, 1.82) is 0 Å². The molecular formula is C27H21F3IN5O4S. The first kappa shape index (κ1) is 28.6. The van der Waals surface area contributed by atoms with Crippen LogP contribution in [0.25, 0.3) is 21.3 Å². The first-order valence-electron chi connectivity index (χ1n) is 12.1. The molecule has 0 atom stereocenters. The van der Waals surface area contributed by atoms with Crippen molar-refractivity contribution in [1.82, 2.24) is 14.8 Å². The minimum Gasteiger partial charge on any atom is -0.486 e. The maximum atomic E-state index is 13.8. The van der Waals surface area contributed by atoms with Gasteiger partial charge < -0.3 is 20.2 Å². The lowest BCUT2D eigenvalue weighted by atomic mass is 10.0. The van der Waals surface area contributed by atoms with Gasteiger partial charge in [-0.3, -0.25) is 14.3 Å². The molecule has 2 amide bonds. The lowest BCUT2D eigenvalue weighted by Crippen LogP contribution is -2.16. The number of pyridine rings is 1. The summed E-state index contributed by atoms with van der Waals surface area (Å²) in [6.07, 6.45) is -3.16. The number of furan rings is 1. The number of carbonyl (C=O) groups is 2. The van der Waals surface area contributed by atoms with Crippen molar-refractivity contribution in [3.05, 3.63) is 80.0 Å². The first-order chi connectivity index (χ1) is 19.4. The number of hydrogen-bond acceptors (Lipinski definition) is 7. The highest BCUT2D eigenvalue weighted by Gasteiger charge is 2.35. The summed E-state index contributed by atoms with van der Waals surface area (Å²) >= 11 is 2.84. The van der Waals surface area contributed by atoms with E-state index in [2.05, 4.69) is 38.0 Å². The summed E-state index contributed by atoms with van der Waals surface area (Å²) in [6.45, 7) is 4.03. The number of fused-ring (bicyclic) bond motifs is 1. The van der Waals surface area contributed by atoms with Gasteiger partial charge in [0.15, 0.2) is 5.76 Å². The molecule has 0 bridgehead atoms. The number of nitrogens with two attached hydrogens (primary N) is 1. The van der Waals surface area contributed by atoms with Gasteiger partial charge in [0.2, 0.25) is 0 Å². The SMILES string of the molecule is CCn1cc(-c2cc(C(F)(F)F)nc3sc(C(N)=O)c(NC(=O)c4ccc(COc5ccc(I)cc5)o4)c23)c(C)n1. The molecule has 0 radical (unpaired) electrons. The molecule has 1 aromatic carbocycles. The molecule has 0 fully saturated rings. The predicted octanol–water partition coefficient (Wildman–Crippen LogP) is 6.63. The highest BCUT2D eigenvalue weighted by atomic mass is 127. The van der Waals surface area contributed by atoms with Crippen LogP contribution < -0.4 is 15.8 Å². The second kappa shape index (κ2) is 11.2. The Kier molecular flexibility index (Phi) is 7.78. The number of hydrogen-bond donors (Lipinski definition) is 2. The van der Waals surface area contributed by atoms with Gasteiger partial charge in [-0.05, 0) is 84.5 Å². The molecule has 4 aromatic heterocycles. The number of nitrogens with zero attached hydrogens (tertiary/aromatic N) is 3. The molecule has 4 heterocycles. The Morgan fingerprint density at radius 3 is 2.54 bits per heavy atom. The van der Waals surface area contributed by atoms with Gasteiger partial charge in [-0.1, -0.05) is 0 Å². The van der Waals surface area contributed by atoms with Crippen molar-refractivity contribution >= 4 is 61.6 Å². The number of carbonyl (C=O) groups excluding carboxylic acids is 2. The van der Waals surface area contributed by atoms with Crippen molar-refractivity contribution in [2.24, 2.45) is 5.73 Å². The quantitative estimate of drug-likeness (QED) is 0.176. The number of anilines is 1. The Hall–Kier alpha value is -3.92. The number of thiophene rings is 1. The molecule has 0 aliphatic rings. The normalized spacial score (nSPS) is 11.7. The molecule has 212 valence electrons. The van der Waals surface area contributed by atoms with E-state index >= 15 is 0 Å². The van der Waals surface area contributed by atoms with Gasteiger partial charge in [0.25, 0.3) is 11.8 Å². The van der Waals surface area contributed by atoms with Crippen LogP contribution in [0.4, 0.5) is 18.9 Å². The summed E-state index contributed by atoms with van der Waals surface area (Å²) in [4.78, 5) is 29.1. The van der Waals surface area contributed by atoms with Crippen molar-refractivity contribution < 1.29 is 31.9 Å². The monoisotopic (exact) mass is 695 g/mol. The highest BCUT2D eigenvalue weighted by Crippen LogP contribution is 2.44. The van der Waals surface area contributed by atoms with Gasteiger partial charge in [0.1, 0.15) is 33.5 Å². The number of amides is 2. The fourth-order valence-corrected chi connectivity index (χ4v) is 5.50. The first-order valence-corrected chi connectivity index (χ1v) is 14.0. The second-order valence-corrected chi connectivity index (χ2v) is 11.1. The van der Waals surface area contributed by atoms with E-state index < -0.39 is 23.7 Å². The minimum absolute atomic E-state index is 0.0524. The van der Waals surface area contributed by atoms with Crippen LogP contribution in [0.15, 0.2) is 53.1 Å². The Labute approximate surface area is 248 Å². The fraction of sp³-hybridized carbons (Fsp3) is 0.185. The molecule has 3 N–H and O–H groups in total. The van der Waals surface area contributed by atoms with Crippen LogP contribution in [0.2, 0.25) is 0 Å². The van der Waals surface area contributed by atoms with Crippen LogP contribution in [-0.2, 0) is 19.3 Å². The molecular weight excluding hydrogens is 674 g/mol. The number of halogens is 4. The van der Waals surface area contributed by atoms with Gasteiger partial charge in [-0.15, -0.1) is 11.3 Å². The number of nitrogens with one attached hydrogen (secondary N) is 1. The van der Waals surface area contributed by atoms with E-state index in [0.29, 0.717) is 40.6 Å². The standard InChI is InChI=1S/C27H21F3IN5O4S/c1-3-36-11-18(13(2)35-36)17-10-20(27(28,29)30)33-26-21(17)22(23(41-26)24(32)37)34-25(38)19-9-8-16(40-19)12-39-15-6-4-14(31)5-7-15/h4-11H,3,12H2,1-2H3,(H2,32,37)(H,34,38). The third-order valence-electron chi connectivity index (χ3n) is 6.06. The van der Waals surface area contributed by atoms with Crippen molar-refractivity contribution in [2.75, 3.05) is 5.32 Å². The lowest BCUT2D eigenvalue weighted by Gasteiger charge is -2.11. The van der Waals surface area contributed by atoms with Crippen LogP contribution in [0, 0.1) is 10.5 Å². The van der Waals surface area contributed by atoms with E-state index in [-0.39, 0.29) is 38.7 Å². The Bertz CT molecular complexity index is 1780. The molecule has 0 aliphatic carbocycles. The Morgan fingerprint density at radius 1 is 1.17 bits per heavy atom. The molecule has 5 rings (SSSR count). The summed E-state index contributed by atoms with van der Waals surface area (Å²) in [6, 6.07) is 11.2. The van der Waals surface area contributed by atoms with Crippen molar-refractivity contribution in [3.63, 3.8) is 0 Å². The molecule has 0 spiro atoms. The molecule has 41 heavy (non-hydrogen) atoms. The number of alkyl halides is 3. The number of primary amides is 1.